The van der Waals surface area contributed by atoms with E-state index in [1.807, 2.05) is 6.08 Å². The lowest BCUT2D eigenvalue weighted by molar-refractivity contribution is 0.175. The number of allylic oxidation sites excluding steroid dienone is 1. The van der Waals surface area contributed by atoms with E-state index < -0.39 is 11.9 Å². The van der Waals surface area contributed by atoms with Gasteiger partial charge in [0.15, 0.2) is 0 Å². The molecular formula is C12H13ClFNO. The first-order chi connectivity index (χ1) is 7.68. The van der Waals surface area contributed by atoms with Crippen LogP contribution in [0.1, 0.15) is 24.4 Å². The lowest BCUT2D eigenvalue weighted by Crippen LogP contribution is -2.19. The zero-order valence-corrected chi connectivity index (χ0v) is 9.51. The van der Waals surface area contributed by atoms with E-state index in [0.717, 1.165) is 12.8 Å². The van der Waals surface area contributed by atoms with Crippen LogP contribution in [0.4, 0.5) is 4.39 Å². The second kappa shape index (κ2) is 4.85. The van der Waals surface area contributed by atoms with E-state index in [4.69, 9.17) is 22.1 Å². The summed E-state index contributed by atoms with van der Waals surface area (Å²) < 4.78 is 19.0. The van der Waals surface area contributed by atoms with Crippen LogP contribution >= 0.6 is 11.6 Å². The molecule has 16 heavy (non-hydrogen) atoms. The van der Waals surface area contributed by atoms with Gasteiger partial charge in [0.2, 0.25) is 0 Å². The van der Waals surface area contributed by atoms with E-state index in [9.17, 15) is 4.39 Å². The van der Waals surface area contributed by atoms with Crippen LogP contribution in [0.25, 0.3) is 0 Å². The van der Waals surface area contributed by atoms with Gasteiger partial charge in [-0.1, -0.05) is 17.7 Å². The van der Waals surface area contributed by atoms with Crippen LogP contribution < -0.4 is 5.73 Å². The van der Waals surface area contributed by atoms with Crippen molar-refractivity contribution in [3.8, 4) is 0 Å². The third-order valence-corrected chi connectivity index (χ3v) is 2.80. The molecule has 0 saturated heterocycles. The molecule has 1 aromatic carbocycles. The van der Waals surface area contributed by atoms with E-state index >= 15 is 0 Å². The summed E-state index contributed by atoms with van der Waals surface area (Å²) in [5.74, 6) is 0.252. The third-order valence-electron chi connectivity index (χ3n) is 2.57. The summed E-state index contributed by atoms with van der Waals surface area (Å²) in [5.41, 5.74) is 6.36. The van der Waals surface area contributed by atoms with Gasteiger partial charge in [0.25, 0.3) is 0 Å². The molecule has 86 valence electrons. The molecule has 1 aliphatic heterocycles. The molecule has 0 radical (unpaired) electrons. The van der Waals surface area contributed by atoms with Gasteiger partial charge in [-0.05, 0) is 31.1 Å². The number of hydrogen-bond donors (Lipinski definition) is 1. The first-order valence-corrected chi connectivity index (χ1v) is 5.59. The highest BCUT2D eigenvalue weighted by Crippen LogP contribution is 2.27. The summed E-state index contributed by atoms with van der Waals surface area (Å²) in [6.45, 7) is 0.648. The fourth-order valence-electron chi connectivity index (χ4n) is 1.70. The van der Waals surface area contributed by atoms with Crippen molar-refractivity contribution in [1.82, 2.24) is 0 Å². The average molecular weight is 242 g/mol. The summed E-state index contributed by atoms with van der Waals surface area (Å²) in [7, 11) is 0. The molecule has 0 amide bonds. The van der Waals surface area contributed by atoms with Crippen LogP contribution in [-0.2, 0) is 4.74 Å². The van der Waals surface area contributed by atoms with Crippen LogP contribution in [0, 0.1) is 5.82 Å². The molecule has 1 atom stereocenters. The number of nitrogens with two attached hydrogens (primary N) is 1. The van der Waals surface area contributed by atoms with Crippen molar-refractivity contribution in [3.63, 3.8) is 0 Å². The predicted octanol–water partition coefficient (Wildman–Crippen LogP) is 3.17. The number of ether oxygens (including phenoxy) is 1. The van der Waals surface area contributed by atoms with Gasteiger partial charge >= 0.3 is 0 Å². The van der Waals surface area contributed by atoms with Gasteiger partial charge < -0.3 is 10.5 Å². The van der Waals surface area contributed by atoms with Gasteiger partial charge in [0, 0.05) is 10.6 Å². The molecule has 4 heteroatoms. The van der Waals surface area contributed by atoms with Crippen molar-refractivity contribution in [2.75, 3.05) is 6.61 Å². The van der Waals surface area contributed by atoms with Gasteiger partial charge in [-0.3, -0.25) is 0 Å². The highest BCUT2D eigenvalue weighted by molar-refractivity contribution is 6.30. The van der Waals surface area contributed by atoms with Crippen molar-refractivity contribution >= 4 is 11.6 Å². The Labute approximate surface area is 98.8 Å². The summed E-state index contributed by atoms with van der Waals surface area (Å²) in [6, 6.07) is 3.95. The summed E-state index contributed by atoms with van der Waals surface area (Å²) in [6.07, 6.45) is 3.83. The maximum atomic E-state index is 13.6. The second-order valence-electron chi connectivity index (χ2n) is 3.74. The second-order valence-corrected chi connectivity index (χ2v) is 4.18. The fraction of sp³-hybridized carbons (Fsp3) is 0.333. The highest BCUT2D eigenvalue weighted by Gasteiger charge is 2.18. The smallest absolute Gasteiger partial charge is 0.129 e. The van der Waals surface area contributed by atoms with Gasteiger partial charge in [-0.25, -0.2) is 4.39 Å². The van der Waals surface area contributed by atoms with Crippen LogP contribution in [-0.4, -0.2) is 6.61 Å². The zero-order chi connectivity index (χ0) is 11.5. The molecule has 2 N–H and O–H groups in total. The molecule has 0 aliphatic carbocycles. The Morgan fingerprint density at radius 3 is 2.88 bits per heavy atom. The quantitative estimate of drug-likeness (QED) is 0.863. The minimum absolute atomic E-state index is 0.368. The monoisotopic (exact) mass is 241 g/mol. The van der Waals surface area contributed by atoms with E-state index in [0.29, 0.717) is 23.0 Å². The van der Waals surface area contributed by atoms with Crippen LogP contribution in [0.2, 0.25) is 5.02 Å². The topological polar surface area (TPSA) is 35.2 Å². The molecule has 2 nitrogen and oxygen atoms in total. The molecule has 0 fully saturated rings. The Hall–Kier alpha value is -1.06. The van der Waals surface area contributed by atoms with Crippen molar-refractivity contribution in [2.24, 2.45) is 5.73 Å². The summed E-state index contributed by atoms with van der Waals surface area (Å²) in [5, 5.41) is 0.368. The van der Waals surface area contributed by atoms with Gasteiger partial charge in [0.1, 0.15) is 11.6 Å². The Morgan fingerprint density at radius 2 is 2.25 bits per heavy atom. The van der Waals surface area contributed by atoms with Crippen molar-refractivity contribution in [1.29, 1.82) is 0 Å². The van der Waals surface area contributed by atoms with E-state index in [1.54, 1.807) is 12.1 Å². The fourth-order valence-corrected chi connectivity index (χ4v) is 1.86. The summed E-state index contributed by atoms with van der Waals surface area (Å²) in [4.78, 5) is 0. The van der Waals surface area contributed by atoms with Gasteiger partial charge in [-0.2, -0.15) is 0 Å². The van der Waals surface area contributed by atoms with Crippen LogP contribution in [0.15, 0.2) is 30.0 Å². The predicted molar refractivity (Wildman–Crippen MR) is 61.6 cm³/mol. The number of rotatable bonds is 2. The van der Waals surface area contributed by atoms with Gasteiger partial charge in [0.05, 0.1) is 12.6 Å². The van der Waals surface area contributed by atoms with Crippen LogP contribution in [0.3, 0.4) is 0 Å². The highest BCUT2D eigenvalue weighted by atomic mass is 35.5. The Bertz CT molecular complexity index is 419. The SMILES string of the molecule is NC(C1=CCCCO1)c1ccc(Cl)cc1F. The molecule has 1 unspecified atom stereocenters. The molecule has 2 rings (SSSR count). The molecule has 0 aromatic heterocycles. The Balaban J connectivity index is 2.26. The number of halogens is 2. The molecule has 0 spiro atoms. The number of benzene rings is 1. The largest absolute Gasteiger partial charge is 0.496 e. The molecule has 1 aliphatic rings. The molecule has 0 saturated carbocycles. The van der Waals surface area contributed by atoms with Crippen molar-refractivity contribution in [3.05, 3.63) is 46.4 Å². The van der Waals surface area contributed by atoms with E-state index in [2.05, 4.69) is 0 Å². The van der Waals surface area contributed by atoms with E-state index in [-0.39, 0.29) is 0 Å². The Kier molecular flexibility index (Phi) is 3.46. The molecule has 0 bridgehead atoms. The van der Waals surface area contributed by atoms with Crippen LogP contribution in [0.5, 0.6) is 0 Å². The number of hydrogen-bond acceptors (Lipinski definition) is 2. The molecule has 1 heterocycles. The lowest BCUT2D eigenvalue weighted by atomic mass is 10.0. The minimum Gasteiger partial charge on any atom is -0.496 e. The zero-order valence-electron chi connectivity index (χ0n) is 8.75. The third kappa shape index (κ3) is 2.36. The average Bonchev–Trinajstić information content (AvgIpc) is 2.29. The standard InChI is InChI=1S/C12H13ClFNO/c13-8-4-5-9(10(14)7-8)12(15)11-3-1-2-6-16-11/h3-5,7,12H,1-2,6,15H2. The van der Waals surface area contributed by atoms with Gasteiger partial charge in [-0.15, -0.1) is 0 Å². The molecule has 1 aromatic rings. The lowest BCUT2D eigenvalue weighted by Gasteiger charge is -2.21. The van der Waals surface area contributed by atoms with E-state index in [1.165, 1.54) is 6.07 Å². The Morgan fingerprint density at radius 1 is 1.44 bits per heavy atom. The van der Waals surface area contributed by atoms with Crippen molar-refractivity contribution in [2.45, 2.75) is 18.9 Å². The maximum absolute atomic E-state index is 13.6. The summed E-state index contributed by atoms with van der Waals surface area (Å²) >= 11 is 5.68. The molecular weight excluding hydrogens is 229 g/mol. The van der Waals surface area contributed by atoms with Crippen molar-refractivity contribution < 1.29 is 9.13 Å². The maximum Gasteiger partial charge on any atom is 0.129 e. The first-order valence-electron chi connectivity index (χ1n) is 5.22. The normalized spacial score (nSPS) is 17.6. The first kappa shape index (κ1) is 11.4. The minimum atomic E-state index is -0.544.